The number of carbonyl (C=O) groups excluding carboxylic acids is 1. The molecule has 1 aromatic carbocycles. The van der Waals surface area contributed by atoms with E-state index in [-0.39, 0.29) is 12.1 Å². The molecule has 0 bridgehead atoms. The first-order valence-electron chi connectivity index (χ1n) is 8.96. The number of nitrogens with one attached hydrogen (secondary N) is 2. The summed E-state index contributed by atoms with van der Waals surface area (Å²) >= 11 is 0. The highest BCUT2D eigenvalue weighted by atomic mass is 16.5. The molecule has 138 valence electrons. The summed E-state index contributed by atoms with van der Waals surface area (Å²) in [6.07, 6.45) is 6.48. The van der Waals surface area contributed by atoms with Crippen LogP contribution in [0, 0.1) is 6.92 Å². The van der Waals surface area contributed by atoms with E-state index in [4.69, 9.17) is 9.47 Å². The Morgan fingerprint density at radius 3 is 2.85 bits per heavy atom. The highest BCUT2D eigenvalue weighted by Gasteiger charge is 2.18. The zero-order chi connectivity index (χ0) is 18.4. The molecule has 1 saturated carbocycles. The van der Waals surface area contributed by atoms with Crippen molar-refractivity contribution in [3.63, 3.8) is 0 Å². The van der Waals surface area contributed by atoms with Crippen LogP contribution in [0.3, 0.4) is 0 Å². The number of methoxy groups -OCH3 is 1. The molecule has 1 aliphatic carbocycles. The van der Waals surface area contributed by atoms with E-state index in [9.17, 15) is 4.79 Å². The van der Waals surface area contributed by atoms with Crippen molar-refractivity contribution < 1.29 is 14.3 Å². The lowest BCUT2D eigenvalue weighted by molar-refractivity contribution is 0.199. The molecule has 2 amide bonds. The fourth-order valence-corrected chi connectivity index (χ4v) is 3.07. The van der Waals surface area contributed by atoms with Gasteiger partial charge in [0.15, 0.2) is 0 Å². The molecular formula is C20H25N3O3. The van der Waals surface area contributed by atoms with Crippen LogP contribution in [0.25, 0.3) is 0 Å². The predicted octanol–water partition coefficient (Wildman–Crippen LogP) is 4.04. The van der Waals surface area contributed by atoms with Gasteiger partial charge in [0.25, 0.3) is 0 Å². The quantitative estimate of drug-likeness (QED) is 0.820. The van der Waals surface area contributed by atoms with Gasteiger partial charge in [0.2, 0.25) is 5.88 Å². The van der Waals surface area contributed by atoms with E-state index in [2.05, 4.69) is 15.6 Å². The molecule has 6 nitrogen and oxygen atoms in total. The Bertz CT molecular complexity index is 758. The van der Waals surface area contributed by atoms with Crippen LogP contribution in [0.5, 0.6) is 11.6 Å². The maximum absolute atomic E-state index is 12.3. The van der Waals surface area contributed by atoms with E-state index in [0.29, 0.717) is 23.9 Å². The third-order valence-corrected chi connectivity index (χ3v) is 4.48. The molecule has 6 heteroatoms. The van der Waals surface area contributed by atoms with Gasteiger partial charge in [-0.2, -0.15) is 0 Å². The predicted molar refractivity (Wildman–Crippen MR) is 101 cm³/mol. The third-order valence-electron chi connectivity index (χ3n) is 4.48. The summed E-state index contributed by atoms with van der Waals surface area (Å²) in [5, 5.41) is 5.67. The number of ether oxygens (including phenoxy) is 2. The number of nitrogens with zero attached hydrogens (tertiary/aromatic N) is 1. The number of aryl methyl sites for hydroxylation is 1. The van der Waals surface area contributed by atoms with Crippen LogP contribution < -0.4 is 20.1 Å². The average molecular weight is 355 g/mol. The SMILES string of the molecule is COc1cc(C)ccc1NC(=O)NCc1cccnc1OC1CCCC1. The van der Waals surface area contributed by atoms with Crippen LogP contribution in [0.2, 0.25) is 0 Å². The number of amides is 2. The molecule has 1 heterocycles. The Morgan fingerprint density at radius 2 is 2.08 bits per heavy atom. The molecule has 0 atom stereocenters. The van der Waals surface area contributed by atoms with Gasteiger partial charge >= 0.3 is 6.03 Å². The highest BCUT2D eigenvalue weighted by Crippen LogP contribution is 2.26. The molecule has 1 aliphatic rings. The lowest BCUT2D eigenvalue weighted by atomic mass is 10.2. The maximum Gasteiger partial charge on any atom is 0.319 e. The Kier molecular flexibility index (Phi) is 5.94. The summed E-state index contributed by atoms with van der Waals surface area (Å²) in [5.41, 5.74) is 2.56. The van der Waals surface area contributed by atoms with Crippen molar-refractivity contribution in [2.45, 2.75) is 45.3 Å². The fourth-order valence-electron chi connectivity index (χ4n) is 3.07. The number of rotatable bonds is 6. The Hall–Kier alpha value is -2.76. The van der Waals surface area contributed by atoms with Gasteiger partial charge in [-0.25, -0.2) is 9.78 Å². The van der Waals surface area contributed by atoms with Gasteiger partial charge < -0.3 is 20.1 Å². The second-order valence-corrected chi connectivity index (χ2v) is 6.50. The minimum absolute atomic E-state index is 0.231. The van der Waals surface area contributed by atoms with E-state index in [1.165, 1.54) is 12.8 Å². The number of anilines is 1. The molecule has 26 heavy (non-hydrogen) atoms. The summed E-state index contributed by atoms with van der Waals surface area (Å²) in [6.45, 7) is 2.32. The van der Waals surface area contributed by atoms with Gasteiger partial charge in [0.1, 0.15) is 11.9 Å². The number of aromatic nitrogens is 1. The number of benzene rings is 1. The summed E-state index contributed by atoms with van der Waals surface area (Å²) in [6, 6.07) is 9.09. The van der Waals surface area contributed by atoms with Gasteiger partial charge in [0.05, 0.1) is 12.8 Å². The fraction of sp³-hybridized carbons (Fsp3) is 0.400. The summed E-state index contributed by atoms with van der Waals surface area (Å²) in [5.74, 6) is 1.24. The highest BCUT2D eigenvalue weighted by molar-refractivity contribution is 5.90. The van der Waals surface area contributed by atoms with Crippen LogP contribution in [-0.4, -0.2) is 24.2 Å². The third kappa shape index (κ3) is 4.65. The van der Waals surface area contributed by atoms with Crippen LogP contribution in [0.1, 0.15) is 36.8 Å². The second-order valence-electron chi connectivity index (χ2n) is 6.50. The zero-order valence-corrected chi connectivity index (χ0v) is 15.2. The van der Waals surface area contributed by atoms with Crippen LogP contribution in [0.4, 0.5) is 10.5 Å². The molecule has 0 aliphatic heterocycles. The van der Waals surface area contributed by atoms with E-state index in [1.54, 1.807) is 13.3 Å². The molecule has 1 aromatic heterocycles. The summed E-state index contributed by atoms with van der Waals surface area (Å²) in [7, 11) is 1.58. The molecule has 2 N–H and O–H groups in total. The number of hydrogen-bond acceptors (Lipinski definition) is 4. The van der Waals surface area contributed by atoms with Gasteiger partial charge in [0, 0.05) is 18.3 Å². The molecule has 0 radical (unpaired) electrons. The zero-order valence-electron chi connectivity index (χ0n) is 15.2. The minimum atomic E-state index is -0.303. The number of pyridine rings is 1. The normalized spacial score (nSPS) is 14.1. The first-order chi connectivity index (χ1) is 12.7. The average Bonchev–Trinajstić information content (AvgIpc) is 3.15. The molecule has 0 spiro atoms. The Morgan fingerprint density at radius 1 is 1.27 bits per heavy atom. The Labute approximate surface area is 153 Å². The second kappa shape index (κ2) is 8.56. The molecule has 3 rings (SSSR count). The van der Waals surface area contributed by atoms with Crippen molar-refractivity contribution in [1.82, 2.24) is 10.3 Å². The minimum Gasteiger partial charge on any atom is -0.495 e. The van der Waals surface area contributed by atoms with Gasteiger partial charge in [-0.05, 0) is 56.4 Å². The molecule has 2 aromatic rings. The number of hydrogen-bond donors (Lipinski definition) is 2. The largest absolute Gasteiger partial charge is 0.495 e. The molecular weight excluding hydrogens is 330 g/mol. The topological polar surface area (TPSA) is 72.5 Å². The van der Waals surface area contributed by atoms with E-state index in [0.717, 1.165) is 24.0 Å². The molecule has 0 saturated heterocycles. The summed E-state index contributed by atoms with van der Waals surface area (Å²) in [4.78, 5) is 16.6. The van der Waals surface area contributed by atoms with Crippen molar-refractivity contribution in [2.24, 2.45) is 0 Å². The first-order valence-corrected chi connectivity index (χ1v) is 8.96. The van der Waals surface area contributed by atoms with Gasteiger partial charge in [-0.3, -0.25) is 0 Å². The molecule has 1 fully saturated rings. The van der Waals surface area contributed by atoms with Crippen LogP contribution in [-0.2, 0) is 6.54 Å². The van der Waals surface area contributed by atoms with E-state index in [1.807, 2.05) is 37.3 Å². The van der Waals surface area contributed by atoms with Crippen molar-refractivity contribution in [1.29, 1.82) is 0 Å². The van der Waals surface area contributed by atoms with Crippen LogP contribution >= 0.6 is 0 Å². The lowest BCUT2D eigenvalue weighted by Gasteiger charge is -2.16. The summed E-state index contributed by atoms with van der Waals surface area (Å²) < 4.78 is 11.3. The van der Waals surface area contributed by atoms with E-state index < -0.39 is 0 Å². The van der Waals surface area contributed by atoms with E-state index >= 15 is 0 Å². The van der Waals surface area contributed by atoms with Crippen LogP contribution in [0.15, 0.2) is 36.5 Å². The maximum atomic E-state index is 12.3. The monoisotopic (exact) mass is 355 g/mol. The van der Waals surface area contributed by atoms with Crippen molar-refractivity contribution in [3.05, 3.63) is 47.7 Å². The number of carbonyl (C=O) groups is 1. The van der Waals surface area contributed by atoms with Crippen molar-refractivity contribution >= 4 is 11.7 Å². The first kappa shape index (κ1) is 18.0. The van der Waals surface area contributed by atoms with Gasteiger partial charge in [-0.15, -0.1) is 0 Å². The standard InChI is InChI=1S/C20H25N3O3/c1-14-9-10-17(18(12-14)25-2)23-20(24)22-13-15-6-5-11-21-19(15)26-16-7-3-4-8-16/h5-6,9-12,16H,3-4,7-8,13H2,1-2H3,(H2,22,23,24). The van der Waals surface area contributed by atoms with Crippen molar-refractivity contribution in [3.8, 4) is 11.6 Å². The smallest absolute Gasteiger partial charge is 0.319 e. The number of urea groups is 1. The van der Waals surface area contributed by atoms with Gasteiger partial charge in [-0.1, -0.05) is 12.1 Å². The Balaban J connectivity index is 1.59. The molecule has 0 unspecified atom stereocenters. The van der Waals surface area contributed by atoms with Crippen molar-refractivity contribution in [2.75, 3.05) is 12.4 Å². The lowest BCUT2D eigenvalue weighted by Crippen LogP contribution is -2.28.